The van der Waals surface area contributed by atoms with Crippen molar-refractivity contribution < 1.29 is 14.4 Å². The van der Waals surface area contributed by atoms with Gasteiger partial charge in [0.1, 0.15) is 12.1 Å². The topological polar surface area (TPSA) is 95.8 Å². The van der Waals surface area contributed by atoms with Gasteiger partial charge in [-0.1, -0.05) is 31.9 Å². The van der Waals surface area contributed by atoms with Gasteiger partial charge < -0.3 is 10.6 Å². The van der Waals surface area contributed by atoms with E-state index in [9.17, 15) is 14.4 Å². The Kier molecular flexibility index (Phi) is 4.77. The summed E-state index contributed by atoms with van der Waals surface area (Å²) in [5, 5.41) is 7.63. The van der Waals surface area contributed by atoms with Crippen molar-refractivity contribution in [3.8, 4) is 11.3 Å². The Hall–Kier alpha value is -3.20. The molecule has 2 aliphatic rings. The molecule has 0 unspecified atom stereocenters. The summed E-state index contributed by atoms with van der Waals surface area (Å²) in [6.07, 6.45) is 7.40. The minimum absolute atomic E-state index is 0.0662. The van der Waals surface area contributed by atoms with Crippen molar-refractivity contribution in [2.75, 3.05) is 11.9 Å². The van der Waals surface area contributed by atoms with Crippen LogP contribution in [-0.2, 0) is 9.59 Å². The Morgan fingerprint density at radius 3 is 2.84 bits per heavy atom. The number of anilines is 1. The first-order valence-corrected chi connectivity index (χ1v) is 11.3. The highest BCUT2D eigenvalue weighted by Crippen LogP contribution is 2.38. The van der Waals surface area contributed by atoms with E-state index in [1.54, 1.807) is 23.5 Å². The van der Waals surface area contributed by atoms with E-state index in [-0.39, 0.29) is 18.4 Å². The number of rotatable bonds is 4. The summed E-state index contributed by atoms with van der Waals surface area (Å²) < 4.78 is 1.97. The molecule has 160 valence electrons. The molecule has 4 amide bonds. The summed E-state index contributed by atoms with van der Waals surface area (Å²) in [5.74, 6) is -0.620. The van der Waals surface area contributed by atoms with Crippen molar-refractivity contribution in [3.63, 3.8) is 0 Å². The SMILES string of the molecule is C[C@H]1CCCC[C@]12NC(=O)N(CC(=O)Nc1ccc(-c3cn4ccsc4n3)cc1)C2=O. The second-order valence-electron chi connectivity index (χ2n) is 8.28. The van der Waals surface area contributed by atoms with Crippen LogP contribution in [0.25, 0.3) is 16.2 Å². The minimum atomic E-state index is -0.852. The van der Waals surface area contributed by atoms with Crippen molar-refractivity contribution in [2.45, 2.75) is 38.1 Å². The van der Waals surface area contributed by atoms with E-state index < -0.39 is 17.5 Å². The molecule has 5 rings (SSSR count). The molecule has 1 aliphatic heterocycles. The Bertz CT molecular complexity index is 1140. The smallest absolute Gasteiger partial charge is 0.325 e. The number of aromatic nitrogens is 2. The number of hydrogen-bond acceptors (Lipinski definition) is 5. The maximum Gasteiger partial charge on any atom is 0.325 e. The van der Waals surface area contributed by atoms with Gasteiger partial charge >= 0.3 is 6.03 Å². The third kappa shape index (κ3) is 3.38. The van der Waals surface area contributed by atoms with Gasteiger partial charge in [0, 0.05) is 29.0 Å². The van der Waals surface area contributed by atoms with Crippen LogP contribution in [0.2, 0.25) is 0 Å². The fraction of sp³-hybridized carbons (Fsp3) is 0.364. The molecule has 2 N–H and O–H groups in total. The van der Waals surface area contributed by atoms with E-state index in [1.165, 1.54) is 0 Å². The van der Waals surface area contributed by atoms with Gasteiger partial charge in [-0.3, -0.25) is 18.9 Å². The second kappa shape index (κ2) is 7.49. The third-order valence-electron chi connectivity index (χ3n) is 6.36. The molecule has 1 saturated carbocycles. The van der Waals surface area contributed by atoms with Crippen molar-refractivity contribution in [3.05, 3.63) is 42.0 Å². The number of amides is 4. The van der Waals surface area contributed by atoms with Crippen LogP contribution < -0.4 is 10.6 Å². The lowest BCUT2D eigenvalue weighted by Gasteiger charge is -2.36. The van der Waals surface area contributed by atoms with Crippen LogP contribution in [0.3, 0.4) is 0 Å². The normalized spacial score (nSPS) is 23.5. The Morgan fingerprint density at radius 1 is 1.29 bits per heavy atom. The van der Waals surface area contributed by atoms with Crippen LogP contribution >= 0.6 is 11.3 Å². The highest BCUT2D eigenvalue weighted by molar-refractivity contribution is 7.15. The number of carbonyl (C=O) groups is 3. The van der Waals surface area contributed by atoms with Crippen LogP contribution in [0.4, 0.5) is 10.5 Å². The number of hydrogen-bond donors (Lipinski definition) is 2. The summed E-state index contributed by atoms with van der Waals surface area (Å²) in [6, 6.07) is 6.86. The molecule has 2 aromatic heterocycles. The average Bonchev–Trinajstić information content (AvgIpc) is 3.41. The maximum atomic E-state index is 13.0. The van der Waals surface area contributed by atoms with Gasteiger partial charge in [-0.2, -0.15) is 0 Å². The molecule has 1 aromatic carbocycles. The highest BCUT2D eigenvalue weighted by atomic mass is 32.1. The molecule has 2 fully saturated rings. The van der Waals surface area contributed by atoms with Gasteiger partial charge in [0.25, 0.3) is 5.91 Å². The quantitative estimate of drug-likeness (QED) is 0.611. The van der Waals surface area contributed by atoms with E-state index in [4.69, 9.17) is 0 Å². The summed E-state index contributed by atoms with van der Waals surface area (Å²) in [7, 11) is 0. The zero-order valence-electron chi connectivity index (χ0n) is 17.1. The Labute approximate surface area is 183 Å². The Balaban J connectivity index is 1.25. The van der Waals surface area contributed by atoms with E-state index in [2.05, 4.69) is 15.6 Å². The molecular weight excluding hydrogens is 414 g/mol. The predicted molar refractivity (Wildman–Crippen MR) is 118 cm³/mol. The summed E-state index contributed by atoms with van der Waals surface area (Å²) >= 11 is 1.57. The van der Waals surface area contributed by atoms with E-state index in [0.717, 1.165) is 40.4 Å². The largest absolute Gasteiger partial charge is 0.325 e. The van der Waals surface area contributed by atoms with Gasteiger partial charge in [0.15, 0.2) is 4.96 Å². The lowest BCUT2D eigenvalue weighted by atomic mass is 9.73. The van der Waals surface area contributed by atoms with Gasteiger partial charge in [-0.25, -0.2) is 9.78 Å². The molecule has 0 bridgehead atoms. The number of nitrogens with one attached hydrogen (secondary N) is 2. The van der Waals surface area contributed by atoms with E-state index >= 15 is 0 Å². The summed E-state index contributed by atoms with van der Waals surface area (Å²) in [6.45, 7) is 1.70. The molecule has 1 aliphatic carbocycles. The molecule has 9 heteroatoms. The number of imide groups is 1. The zero-order chi connectivity index (χ0) is 21.6. The van der Waals surface area contributed by atoms with E-state index in [1.807, 2.05) is 41.2 Å². The molecule has 1 saturated heterocycles. The number of urea groups is 1. The van der Waals surface area contributed by atoms with Crippen molar-refractivity contribution in [1.82, 2.24) is 19.6 Å². The van der Waals surface area contributed by atoms with Crippen molar-refractivity contribution in [2.24, 2.45) is 5.92 Å². The third-order valence-corrected chi connectivity index (χ3v) is 7.13. The minimum Gasteiger partial charge on any atom is -0.325 e. The van der Waals surface area contributed by atoms with Crippen molar-refractivity contribution in [1.29, 1.82) is 0 Å². The second-order valence-corrected chi connectivity index (χ2v) is 9.16. The Morgan fingerprint density at radius 2 is 2.10 bits per heavy atom. The predicted octanol–water partition coefficient (Wildman–Crippen LogP) is 3.50. The standard InChI is InChI=1S/C22H23N5O3S/c1-14-4-2-3-9-22(14)19(29)27(20(30)25-22)13-18(28)23-16-7-5-15(6-8-16)17-12-26-10-11-31-21(26)24-17/h5-8,10-12,14H,2-4,9,13H2,1H3,(H,23,28)(H,25,30)/t14-,22-/m0/s1. The van der Waals surface area contributed by atoms with Gasteiger partial charge in [0.05, 0.1) is 5.69 Å². The zero-order valence-corrected chi connectivity index (χ0v) is 17.9. The van der Waals surface area contributed by atoms with Gasteiger partial charge in [0.2, 0.25) is 5.91 Å². The molecule has 31 heavy (non-hydrogen) atoms. The lowest BCUT2D eigenvalue weighted by molar-refractivity contribution is -0.136. The molecule has 1 spiro atoms. The first-order chi connectivity index (χ1) is 15.0. The summed E-state index contributed by atoms with van der Waals surface area (Å²) in [4.78, 5) is 44.5. The van der Waals surface area contributed by atoms with Crippen LogP contribution in [-0.4, -0.2) is 44.2 Å². The van der Waals surface area contributed by atoms with Gasteiger partial charge in [-0.05, 0) is 30.9 Å². The fourth-order valence-electron chi connectivity index (χ4n) is 4.57. The van der Waals surface area contributed by atoms with Crippen LogP contribution in [0, 0.1) is 5.92 Å². The number of thiazole rings is 1. The summed E-state index contributed by atoms with van der Waals surface area (Å²) in [5.41, 5.74) is 1.55. The molecule has 0 radical (unpaired) electrons. The number of imidazole rings is 1. The van der Waals surface area contributed by atoms with E-state index in [0.29, 0.717) is 12.1 Å². The van der Waals surface area contributed by atoms with Crippen LogP contribution in [0.15, 0.2) is 42.0 Å². The highest BCUT2D eigenvalue weighted by Gasteiger charge is 2.55. The molecule has 3 heterocycles. The maximum absolute atomic E-state index is 13.0. The van der Waals surface area contributed by atoms with Crippen LogP contribution in [0.1, 0.15) is 32.6 Å². The van der Waals surface area contributed by atoms with Gasteiger partial charge in [-0.15, -0.1) is 11.3 Å². The molecule has 8 nitrogen and oxygen atoms in total. The number of benzene rings is 1. The monoisotopic (exact) mass is 437 g/mol. The molecule has 3 aromatic rings. The fourth-order valence-corrected chi connectivity index (χ4v) is 5.27. The first kappa shape index (κ1) is 19.7. The lowest BCUT2D eigenvalue weighted by Crippen LogP contribution is -2.54. The number of carbonyl (C=O) groups excluding carboxylic acids is 3. The van der Waals surface area contributed by atoms with Crippen LogP contribution in [0.5, 0.6) is 0 Å². The average molecular weight is 438 g/mol. The molecular formula is C22H23N5O3S. The molecule has 2 atom stereocenters. The number of nitrogens with zero attached hydrogens (tertiary/aromatic N) is 3. The van der Waals surface area contributed by atoms with Crippen molar-refractivity contribution >= 4 is 39.8 Å². The first-order valence-electron chi connectivity index (χ1n) is 10.4. The number of fused-ring (bicyclic) bond motifs is 1.